The highest BCUT2D eigenvalue weighted by molar-refractivity contribution is 8.13. The number of methoxy groups -OCH3 is 1. The van der Waals surface area contributed by atoms with Crippen LogP contribution in [0.4, 0.5) is 5.69 Å². The number of carbonyl (C=O) groups is 1. The van der Waals surface area contributed by atoms with Crippen molar-refractivity contribution in [2.75, 3.05) is 25.6 Å². The molecular formula is C12H16ClNO5S. The largest absolute Gasteiger partial charge is 0.493 e. The Bertz CT molecular complexity index is 600. The molecule has 1 aromatic rings. The second-order valence-corrected chi connectivity index (χ2v) is 6.50. The zero-order valence-corrected chi connectivity index (χ0v) is 13.0. The lowest BCUT2D eigenvalue weighted by molar-refractivity contribution is -0.120. The second-order valence-electron chi connectivity index (χ2n) is 3.97. The average molecular weight is 322 g/mol. The van der Waals surface area contributed by atoms with Gasteiger partial charge in [0.05, 0.1) is 12.8 Å². The Hall–Kier alpha value is -1.31. The molecule has 0 aliphatic carbocycles. The first-order chi connectivity index (χ1) is 9.29. The van der Waals surface area contributed by atoms with Gasteiger partial charge in [-0.15, -0.1) is 0 Å². The van der Waals surface area contributed by atoms with Crippen LogP contribution in [-0.4, -0.2) is 34.6 Å². The Morgan fingerprint density at radius 2 is 2.05 bits per heavy atom. The Balaban J connectivity index is 3.19. The fraction of sp³-hybridized carbons (Fsp3) is 0.417. The molecule has 0 heterocycles. The van der Waals surface area contributed by atoms with Crippen LogP contribution in [0.15, 0.2) is 17.0 Å². The standard InChI is InChI=1S/C12H16ClNO5S/c1-4-19-7-11(15)14-9-5-8(2)6-10(12(9)18-3)20(13,16)17/h5-6H,4,7H2,1-3H3,(H,14,15). The molecule has 0 saturated heterocycles. The molecule has 0 unspecified atom stereocenters. The molecule has 112 valence electrons. The number of halogens is 1. The van der Waals surface area contributed by atoms with Crippen molar-refractivity contribution in [1.82, 2.24) is 0 Å². The maximum Gasteiger partial charge on any atom is 0.265 e. The third-order valence-corrected chi connectivity index (χ3v) is 3.70. The SMILES string of the molecule is CCOCC(=O)Nc1cc(C)cc(S(=O)(=O)Cl)c1OC. The molecule has 0 radical (unpaired) electrons. The predicted molar refractivity (Wildman–Crippen MR) is 75.9 cm³/mol. The number of ether oxygens (including phenoxy) is 2. The van der Waals surface area contributed by atoms with Gasteiger partial charge in [0, 0.05) is 17.3 Å². The lowest BCUT2D eigenvalue weighted by Crippen LogP contribution is -2.19. The zero-order chi connectivity index (χ0) is 15.3. The minimum Gasteiger partial charge on any atom is -0.493 e. The lowest BCUT2D eigenvalue weighted by Gasteiger charge is -2.14. The first-order valence-electron chi connectivity index (χ1n) is 5.80. The molecule has 0 aliphatic heterocycles. The van der Waals surface area contributed by atoms with Crippen molar-refractivity contribution in [2.24, 2.45) is 0 Å². The number of amides is 1. The van der Waals surface area contributed by atoms with Gasteiger partial charge in [0.2, 0.25) is 5.91 Å². The predicted octanol–water partition coefficient (Wildman–Crippen LogP) is 1.91. The van der Waals surface area contributed by atoms with Crippen LogP contribution in [0.25, 0.3) is 0 Å². The molecule has 6 nitrogen and oxygen atoms in total. The maximum atomic E-state index is 11.6. The van der Waals surface area contributed by atoms with Gasteiger partial charge < -0.3 is 14.8 Å². The van der Waals surface area contributed by atoms with Crippen molar-refractivity contribution in [3.05, 3.63) is 17.7 Å². The monoisotopic (exact) mass is 321 g/mol. The molecule has 0 aromatic heterocycles. The van der Waals surface area contributed by atoms with E-state index in [1.54, 1.807) is 19.9 Å². The third-order valence-electron chi connectivity index (χ3n) is 2.38. The molecule has 1 aromatic carbocycles. The first kappa shape index (κ1) is 16.7. The highest BCUT2D eigenvalue weighted by Gasteiger charge is 2.21. The molecular weight excluding hydrogens is 306 g/mol. The second kappa shape index (κ2) is 6.92. The van der Waals surface area contributed by atoms with E-state index in [0.29, 0.717) is 12.2 Å². The summed E-state index contributed by atoms with van der Waals surface area (Å²) in [7, 11) is 2.68. The van der Waals surface area contributed by atoms with Crippen molar-refractivity contribution in [2.45, 2.75) is 18.7 Å². The van der Waals surface area contributed by atoms with Gasteiger partial charge in [0.25, 0.3) is 9.05 Å². The number of aryl methyl sites for hydroxylation is 1. The van der Waals surface area contributed by atoms with Gasteiger partial charge in [-0.2, -0.15) is 0 Å². The van der Waals surface area contributed by atoms with E-state index in [1.807, 2.05) is 0 Å². The van der Waals surface area contributed by atoms with Crippen molar-refractivity contribution in [1.29, 1.82) is 0 Å². The summed E-state index contributed by atoms with van der Waals surface area (Å²) in [5, 5.41) is 2.54. The van der Waals surface area contributed by atoms with Crippen molar-refractivity contribution in [3.63, 3.8) is 0 Å². The number of anilines is 1. The normalized spacial score (nSPS) is 11.2. The van der Waals surface area contributed by atoms with E-state index < -0.39 is 15.0 Å². The molecule has 1 rings (SSSR count). The topological polar surface area (TPSA) is 81.7 Å². The van der Waals surface area contributed by atoms with Crippen LogP contribution >= 0.6 is 10.7 Å². The summed E-state index contributed by atoms with van der Waals surface area (Å²) in [5.74, 6) is -0.413. The fourth-order valence-corrected chi connectivity index (χ4v) is 2.69. The number of carbonyl (C=O) groups excluding carboxylic acids is 1. The van der Waals surface area contributed by atoms with E-state index in [9.17, 15) is 13.2 Å². The molecule has 0 atom stereocenters. The van der Waals surface area contributed by atoms with Crippen LogP contribution in [0.1, 0.15) is 12.5 Å². The maximum absolute atomic E-state index is 11.6. The van der Waals surface area contributed by atoms with Gasteiger partial charge in [-0.3, -0.25) is 4.79 Å². The summed E-state index contributed by atoms with van der Waals surface area (Å²) < 4.78 is 33.1. The van der Waals surface area contributed by atoms with Gasteiger partial charge in [-0.05, 0) is 31.5 Å². The first-order valence-corrected chi connectivity index (χ1v) is 8.11. The smallest absolute Gasteiger partial charge is 0.265 e. The van der Waals surface area contributed by atoms with Crippen LogP contribution < -0.4 is 10.1 Å². The molecule has 20 heavy (non-hydrogen) atoms. The molecule has 0 saturated carbocycles. The van der Waals surface area contributed by atoms with Crippen molar-refractivity contribution >= 4 is 31.3 Å². The Kier molecular flexibility index (Phi) is 5.79. The summed E-state index contributed by atoms with van der Waals surface area (Å²) in [6.45, 7) is 3.72. The van der Waals surface area contributed by atoms with Gasteiger partial charge in [-0.25, -0.2) is 8.42 Å². The van der Waals surface area contributed by atoms with E-state index in [1.165, 1.54) is 13.2 Å². The molecule has 0 fully saturated rings. The summed E-state index contributed by atoms with van der Waals surface area (Å²) >= 11 is 0. The van der Waals surface area contributed by atoms with E-state index in [4.69, 9.17) is 20.2 Å². The Morgan fingerprint density at radius 1 is 1.40 bits per heavy atom. The molecule has 0 bridgehead atoms. The molecule has 8 heteroatoms. The van der Waals surface area contributed by atoms with Crippen LogP contribution in [0.5, 0.6) is 5.75 Å². The summed E-state index contributed by atoms with van der Waals surface area (Å²) in [6, 6.07) is 2.97. The highest BCUT2D eigenvalue weighted by atomic mass is 35.7. The van der Waals surface area contributed by atoms with Gasteiger partial charge in [0.15, 0.2) is 5.75 Å². The van der Waals surface area contributed by atoms with Gasteiger partial charge in [-0.1, -0.05) is 0 Å². The lowest BCUT2D eigenvalue weighted by atomic mass is 10.2. The fourth-order valence-electron chi connectivity index (χ4n) is 1.61. The van der Waals surface area contributed by atoms with Crippen LogP contribution in [-0.2, 0) is 18.6 Å². The highest BCUT2D eigenvalue weighted by Crippen LogP contribution is 2.35. The van der Waals surface area contributed by atoms with Crippen molar-refractivity contribution < 1.29 is 22.7 Å². The molecule has 1 N–H and O–H groups in total. The van der Waals surface area contributed by atoms with E-state index in [0.717, 1.165) is 0 Å². The minimum absolute atomic E-state index is 0.00421. The Morgan fingerprint density at radius 3 is 2.55 bits per heavy atom. The molecule has 0 spiro atoms. The van der Waals surface area contributed by atoms with Crippen LogP contribution in [0.2, 0.25) is 0 Å². The number of nitrogens with one attached hydrogen (secondary N) is 1. The van der Waals surface area contributed by atoms with E-state index in [2.05, 4.69) is 5.32 Å². The van der Waals surface area contributed by atoms with Crippen LogP contribution in [0.3, 0.4) is 0 Å². The quantitative estimate of drug-likeness (QED) is 0.809. The Labute approximate surface area is 122 Å². The molecule has 0 aliphatic rings. The van der Waals surface area contributed by atoms with Gasteiger partial charge in [0.1, 0.15) is 11.5 Å². The average Bonchev–Trinajstić information content (AvgIpc) is 2.34. The van der Waals surface area contributed by atoms with Crippen molar-refractivity contribution in [3.8, 4) is 5.75 Å². The number of hydrogen-bond acceptors (Lipinski definition) is 5. The minimum atomic E-state index is -3.98. The summed E-state index contributed by atoms with van der Waals surface area (Å²) in [5.41, 5.74) is 0.855. The molecule has 1 amide bonds. The number of rotatable bonds is 6. The zero-order valence-electron chi connectivity index (χ0n) is 11.4. The van der Waals surface area contributed by atoms with Gasteiger partial charge >= 0.3 is 0 Å². The van der Waals surface area contributed by atoms with E-state index >= 15 is 0 Å². The van der Waals surface area contributed by atoms with E-state index in [-0.39, 0.29) is 22.9 Å². The number of benzene rings is 1. The summed E-state index contributed by atoms with van der Waals surface area (Å²) in [6.07, 6.45) is 0. The third kappa shape index (κ3) is 4.36. The summed E-state index contributed by atoms with van der Waals surface area (Å²) in [4.78, 5) is 11.5. The van der Waals surface area contributed by atoms with Crippen LogP contribution in [0, 0.1) is 6.92 Å². The number of hydrogen-bond donors (Lipinski definition) is 1.